The van der Waals surface area contributed by atoms with Gasteiger partial charge in [0.25, 0.3) is 15.9 Å². The molecule has 1 fully saturated rings. The molecule has 0 radical (unpaired) electrons. The molecule has 0 saturated carbocycles. The fourth-order valence-corrected chi connectivity index (χ4v) is 3.50. The zero-order chi connectivity index (χ0) is 18.4. The normalized spacial score (nSPS) is 15.2. The second kappa shape index (κ2) is 8.16. The van der Waals surface area contributed by atoms with E-state index in [2.05, 4.69) is 4.72 Å². The predicted molar refractivity (Wildman–Crippen MR) is 101 cm³/mol. The Bertz CT molecular complexity index is 889. The molecule has 0 unspecified atom stereocenters. The van der Waals surface area contributed by atoms with Gasteiger partial charge in [-0.2, -0.15) is 0 Å². The summed E-state index contributed by atoms with van der Waals surface area (Å²) in [6.07, 6.45) is 1.51. The van der Waals surface area contributed by atoms with E-state index in [1.807, 2.05) is 30.3 Å². The predicted octanol–water partition coefficient (Wildman–Crippen LogP) is 2.57. The molecule has 7 heteroatoms. The number of ether oxygens (including phenoxy) is 1. The van der Waals surface area contributed by atoms with Crippen LogP contribution in [0.4, 0.5) is 5.69 Å². The Hall–Kier alpha value is -2.64. The standard InChI is InChI=1S/C19H20N2O4S/c22-19(21-11-13-25-14-12-21)17-8-4-5-9-18(17)20-26(23,24)15-10-16-6-2-1-3-7-16/h1-10,15,20H,11-14H2/b15-10+. The molecular formula is C19H20N2O4S. The molecule has 1 aliphatic heterocycles. The number of nitrogens with zero attached hydrogens (tertiary/aromatic N) is 1. The van der Waals surface area contributed by atoms with Crippen LogP contribution in [0.25, 0.3) is 6.08 Å². The molecule has 1 aliphatic rings. The summed E-state index contributed by atoms with van der Waals surface area (Å²) in [5.41, 5.74) is 1.36. The molecule has 3 rings (SSSR count). The van der Waals surface area contributed by atoms with Crippen LogP contribution >= 0.6 is 0 Å². The number of sulfonamides is 1. The first-order chi connectivity index (χ1) is 12.6. The van der Waals surface area contributed by atoms with Crippen molar-refractivity contribution in [2.75, 3.05) is 31.0 Å². The highest BCUT2D eigenvalue weighted by atomic mass is 32.2. The van der Waals surface area contributed by atoms with E-state index < -0.39 is 10.0 Å². The van der Waals surface area contributed by atoms with Crippen LogP contribution in [-0.4, -0.2) is 45.5 Å². The van der Waals surface area contributed by atoms with Gasteiger partial charge in [-0.05, 0) is 23.8 Å². The Labute approximate surface area is 153 Å². The number of benzene rings is 2. The molecule has 1 amide bonds. The summed E-state index contributed by atoms with van der Waals surface area (Å²) in [5, 5.41) is 1.10. The molecule has 0 spiro atoms. The molecule has 1 N–H and O–H groups in total. The number of amides is 1. The molecule has 1 saturated heterocycles. The molecule has 136 valence electrons. The van der Waals surface area contributed by atoms with Gasteiger partial charge in [-0.15, -0.1) is 0 Å². The van der Waals surface area contributed by atoms with Crippen molar-refractivity contribution in [3.8, 4) is 0 Å². The van der Waals surface area contributed by atoms with Gasteiger partial charge in [0, 0.05) is 13.1 Å². The Morgan fingerprint density at radius 1 is 1.00 bits per heavy atom. The number of morpholine rings is 1. The van der Waals surface area contributed by atoms with Crippen molar-refractivity contribution in [3.63, 3.8) is 0 Å². The van der Waals surface area contributed by atoms with Crippen LogP contribution in [0.5, 0.6) is 0 Å². The van der Waals surface area contributed by atoms with Crippen molar-refractivity contribution >= 4 is 27.7 Å². The zero-order valence-electron chi connectivity index (χ0n) is 14.2. The van der Waals surface area contributed by atoms with E-state index in [4.69, 9.17) is 4.74 Å². The lowest BCUT2D eigenvalue weighted by molar-refractivity contribution is 0.0303. The van der Waals surface area contributed by atoms with E-state index in [1.165, 1.54) is 6.08 Å². The van der Waals surface area contributed by atoms with Gasteiger partial charge in [0.15, 0.2) is 0 Å². The molecular weight excluding hydrogens is 352 g/mol. The second-order valence-electron chi connectivity index (χ2n) is 5.81. The minimum Gasteiger partial charge on any atom is -0.378 e. The topological polar surface area (TPSA) is 75.7 Å². The Balaban J connectivity index is 1.79. The van der Waals surface area contributed by atoms with Gasteiger partial charge in [-0.3, -0.25) is 9.52 Å². The third-order valence-electron chi connectivity index (χ3n) is 3.95. The first-order valence-corrected chi connectivity index (χ1v) is 9.82. The van der Waals surface area contributed by atoms with Crippen molar-refractivity contribution < 1.29 is 17.9 Å². The maximum Gasteiger partial charge on any atom is 0.256 e. The third kappa shape index (κ3) is 4.71. The highest BCUT2D eigenvalue weighted by molar-refractivity contribution is 7.95. The van der Waals surface area contributed by atoms with Gasteiger partial charge in [0.2, 0.25) is 0 Å². The van der Waals surface area contributed by atoms with Gasteiger partial charge in [-0.1, -0.05) is 42.5 Å². The van der Waals surface area contributed by atoms with Crippen molar-refractivity contribution in [3.05, 3.63) is 71.1 Å². The fraction of sp³-hybridized carbons (Fsp3) is 0.211. The van der Waals surface area contributed by atoms with Gasteiger partial charge >= 0.3 is 0 Å². The van der Waals surface area contributed by atoms with Crippen LogP contribution in [0.3, 0.4) is 0 Å². The van der Waals surface area contributed by atoms with Crippen LogP contribution in [0, 0.1) is 0 Å². The van der Waals surface area contributed by atoms with E-state index in [0.717, 1.165) is 11.0 Å². The van der Waals surface area contributed by atoms with Crippen LogP contribution in [0.15, 0.2) is 60.0 Å². The third-order valence-corrected chi connectivity index (χ3v) is 4.95. The number of carbonyl (C=O) groups is 1. The summed E-state index contributed by atoms with van der Waals surface area (Å²) < 4.78 is 32.5. The van der Waals surface area contributed by atoms with Crippen LogP contribution in [-0.2, 0) is 14.8 Å². The number of para-hydroxylation sites is 1. The van der Waals surface area contributed by atoms with Crippen LogP contribution in [0.1, 0.15) is 15.9 Å². The summed E-state index contributed by atoms with van der Waals surface area (Å²) >= 11 is 0. The summed E-state index contributed by atoms with van der Waals surface area (Å²) in [5.74, 6) is -0.210. The van der Waals surface area contributed by atoms with Crippen molar-refractivity contribution in [2.45, 2.75) is 0 Å². The number of anilines is 1. The SMILES string of the molecule is O=C(c1ccccc1NS(=O)(=O)/C=C/c1ccccc1)N1CCOCC1. The van der Waals surface area contributed by atoms with Gasteiger partial charge < -0.3 is 9.64 Å². The summed E-state index contributed by atoms with van der Waals surface area (Å²) in [4.78, 5) is 14.4. The molecule has 26 heavy (non-hydrogen) atoms. The van der Waals surface area contributed by atoms with E-state index >= 15 is 0 Å². The lowest BCUT2D eigenvalue weighted by Gasteiger charge is -2.27. The van der Waals surface area contributed by atoms with E-state index in [0.29, 0.717) is 31.9 Å². The maximum absolute atomic E-state index is 12.7. The van der Waals surface area contributed by atoms with E-state index in [-0.39, 0.29) is 11.6 Å². The quantitative estimate of drug-likeness (QED) is 0.875. The van der Waals surface area contributed by atoms with Gasteiger partial charge in [0.05, 0.1) is 29.9 Å². The minimum absolute atomic E-state index is 0.210. The van der Waals surface area contributed by atoms with Gasteiger partial charge in [0.1, 0.15) is 0 Å². The average molecular weight is 372 g/mol. The van der Waals surface area contributed by atoms with E-state index in [1.54, 1.807) is 29.2 Å². The molecule has 6 nitrogen and oxygen atoms in total. The molecule has 0 bridgehead atoms. The minimum atomic E-state index is -3.75. The fourth-order valence-electron chi connectivity index (χ4n) is 2.61. The number of nitrogens with one attached hydrogen (secondary N) is 1. The molecule has 0 atom stereocenters. The first-order valence-electron chi connectivity index (χ1n) is 8.27. The lowest BCUT2D eigenvalue weighted by Crippen LogP contribution is -2.41. The largest absolute Gasteiger partial charge is 0.378 e. The molecule has 1 heterocycles. The Kier molecular flexibility index (Phi) is 5.70. The molecule has 2 aromatic rings. The average Bonchev–Trinajstić information content (AvgIpc) is 2.68. The maximum atomic E-state index is 12.7. The lowest BCUT2D eigenvalue weighted by atomic mass is 10.1. The first kappa shape index (κ1) is 18.2. The van der Waals surface area contributed by atoms with Crippen molar-refractivity contribution in [1.82, 2.24) is 4.90 Å². The highest BCUT2D eigenvalue weighted by Gasteiger charge is 2.22. The van der Waals surface area contributed by atoms with Crippen LogP contribution < -0.4 is 4.72 Å². The van der Waals surface area contributed by atoms with E-state index in [9.17, 15) is 13.2 Å². The number of hydrogen-bond acceptors (Lipinski definition) is 4. The van der Waals surface area contributed by atoms with Gasteiger partial charge in [-0.25, -0.2) is 8.42 Å². The monoisotopic (exact) mass is 372 g/mol. The zero-order valence-corrected chi connectivity index (χ0v) is 15.0. The molecule has 2 aromatic carbocycles. The number of carbonyl (C=O) groups excluding carboxylic acids is 1. The molecule has 0 aromatic heterocycles. The Morgan fingerprint density at radius 3 is 2.38 bits per heavy atom. The summed E-state index contributed by atoms with van der Waals surface area (Å²) in [7, 11) is -3.75. The number of rotatable bonds is 5. The Morgan fingerprint density at radius 2 is 1.65 bits per heavy atom. The molecule has 0 aliphatic carbocycles. The van der Waals surface area contributed by atoms with Crippen LogP contribution in [0.2, 0.25) is 0 Å². The van der Waals surface area contributed by atoms with Crippen molar-refractivity contribution in [1.29, 1.82) is 0 Å². The second-order valence-corrected chi connectivity index (χ2v) is 7.38. The van der Waals surface area contributed by atoms with Crippen molar-refractivity contribution in [2.24, 2.45) is 0 Å². The summed E-state index contributed by atoms with van der Waals surface area (Å²) in [6, 6.07) is 15.7. The highest BCUT2D eigenvalue weighted by Crippen LogP contribution is 2.20. The smallest absolute Gasteiger partial charge is 0.256 e. The summed E-state index contributed by atoms with van der Waals surface area (Å²) in [6.45, 7) is 1.96. The number of hydrogen-bond donors (Lipinski definition) is 1.